The van der Waals surface area contributed by atoms with E-state index in [1.807, 2.05) is 19.1 Å². The fourth-order valence-electron chi connectivity index (χ4n) is 1.49. The molecule has 0 aliphatic heterocycles. The molecular formula is C14H11BrClNO. The van der Waals surface area contributed by atoms with E-state index in [2.05, 4.69) is 21.2 Å². The van der Waals surface area contributed by atoms with Crippen molar-refractivity contribution in [3.05, 3.63) is 63.1 Å². The average Bonchev–Trinajstić information content (AvgIpc) is 2.34. The van der Waals surface area contributed by atoms with E-state index < -0.39 is 0 Å². The molecule has 18 heavy (non-hydrogen) atoms. The van der Waals surface area contributed by atoms with Crippen molar-refractivity contribution in [3.63, 3.8) is 0 Å². The molecule has 0 aliphatic rings. The number of hydrogen-bond acceptors (Lipinski definition) is 1. The Morgan fingerprint density at radius 2 is 1.83 bits per heavy atom. The normalized spacial score (nSPS) is 10.2. The fourth-order valence-corrected chi connectivity index (χ4v) is 2.01. The molecule has 2 rings (SSSR count). The quantitative estimate of drug-likeness (QED) is 0.855. The Morgan fingerprint density at radius 1 is 1.17 bits per heavy atom. The highest BCUT2D eigenvalue weighted by Crippen LogP contribution is 2.26. The van der Waals surface area contributed by atoms with E-state index >= 15 is 0 Å². The second kappa shape index (κ2) is 5.55. The number of carbonyl (C=O) groups excluding carboxylic acids is 1. The van der Waals surface area contributed by atoms with E-state index in [9.17, 15) is 4.79 Å². The summed E-state index contributed by atoms with van der Waals surface area (Å²) in [5, 5.41) is 3.40. The van der Waals surface area contributed by atoms with Crippen LogP contribution in [-0.2, 0) is 0 Å². The molecule has 4 heteroatoms. The van der Waals surface area contributed by atoms with Gasteiger partial charge < -0.3 is 5.32 Å². The number of hydrogen-bond donors (Lipinski definition) is 1. The van der Waals surface area contributed by atoms with Crippen molar-refractivity contribution in [1.29, 1.82) is 0 Å². The Bertz CT molecular complexity index is 581. The van der Waals surface area contributed by atoms with Gasteiger partial charge in [0, 0.05) is 15.1 Å². The Labute approximate surface area is 119 Å². The maximum absolute atomic E-state index is 12.0. The third-order valence-corrected chi connectivity index (χ3v) is 3.42. The van der Waals surface area contributed by atoms with Crippen LogP contribution in [0.4, 0.5) is 5.69 Å². The summed E-state index contributed by atoms with van der Waals surface area (Å²) < 4.78 is 0.798. The lowest BCUT2D eigenvalue weighted by molar-refractivity contribution is 0.102. The smallest absolute Gasteiger partial charge is 0.255 e. The number of halogens is 2. The third kappa shape index (κ3) is 3.12. The second-order valence-electron chi connectivity index (χ2n) is 3.94. The second-order valence-corrected chi connectivity index (χ2v) is 5.24. The molecule has 0 saturated heterocycles. The summed E-state index contributed by atoms with van der Waals surface area (Å²) >= 11 is 9.26. The van der Waals surface area contributed by atoms with E-state index in [-0.39, 0.29) is 5.91 Å². The third-order valence-electron chi connectivity index (χ3n) is 2.49. The zero-order chi connectivity index (χ0) is 13.1. The van der Waals surface area contributed by atoms with Gasteiger partial charge in [0.15, 0.2) is 0 Å². The number of benzene rings is 2. The Kier molecular flexibility index (Phi) is 4.04. The number of carbonyl (C=O) groups is 1. The van der Waals surface area contributed by atoms with Crippen LogP contribution in [0.25, 0.3) is 0 Å². The van der Waals surface area contributed by atoms with E-state index in [4.69, 9.17) is 11.6 Å². The van der Waals surface area contributed by atoms with Gasteiger partial charge in [-0.2, -0.15) is 0 Å². The lowest BCUT2D eigenvalue weighted by Crippen LogP contribution is -2.12. The molecule has 0 heterocycles. The van der Waals surface area contributed by atoms with Crippen molar-refractivity contribution < 1.29 is 4.79 Å². The zero-order valence-electron chi connectivity index (χ0n) is 9.71. The molecule has 0 fully saturated rings. The highest BCUT2D eigenvalue weighted by Gasteiger charge is 2.08. The number of aryl methyl sites for hydroxylation is 1. The van der Waals surface area contributed by atoms with E-state index in [1.165, 1.54) is 0 Å². The van der Waals surface area contributed by atoms with Gasteiger partial charge in [-0.05, 0) is 53.2 Å². The fraction of sp³-hybridized carbons (Fsp3) is 0.0714. The van der Waals surface area contributed by atoms with Crippen LogP contribution in [0.5, 0.6) is 0 Å². The molecule has 1 N–H and O–H groups in total. The molecule has 0 atom stereocenters. The molecule has 2 nitrogen and oxygen atoms in total. The molecular weight excluding hydrogens is 314 g/mol. The standard InChI is InChI=1S/C14H11BrClNO/c1-9-2-4-10(5-3-9)14(18)17-13-8-11(16)6-7-12(13)15/h2-8H,1H3,(H,17,18). The van der Waals surface area contributed by atoms with Crippen molar-refractivity contribution in [1.82, 2.24) is 0 Å². The van der Waals surface area contributed by atoms with Gasteiger partial charge in [-0.3, -0.25) is 4.79 Å². The molecule has 0 spiro atoms. The minimum absolute atomic E-state index is 0.155. The minimum atomic E-state index is -0.155. The summed E-state index contributed by atoms with van der Waals surface area (Å²) in [4.78, 5) is 12.0. The molecule has 2 aromatic rings. The lowest BCUT2D eigenvalue weighted by atomic mass is 10.1. The molecule has 2 aromatic carbocycles. The molecule has 0 unspecified atom stereocenters. The summed E-state index contributed by atoms with van der Waals surface area (Å²) in [7, 11) is 0. The summed E-state index contributed by atoms with van der Waals surface area (Å²) in [6.45, 7) is 1.98. The summed E-state index contributed by atoms with van der Waals surface area (Å²) in [5.41, 5.74) is 2.40. The molecule has 1 amide bonds. The van der Waals surface area contributed by atoms with Gasteiger partial charge in [0.05, 0.1) is 5.69 Å². The van der Waals surface area contributed by atoms with Crippen LogP contribution in [0.15, 0.2) is 46.9 Å². The molecule has 0 bridgehead atoms. The molecule has 0 aromatic heterocycles. The number of amides is 1. The van der Waals surface area contributed by atoms with Gasteiger partial charge in [0.25, 0.3) is 5.91 Å². The van der Waals surface area contributed by atoms with Crippen LogP contribution < -0.4 is 5.32 Å². The summed E-state index contributed by atoms with van der Waals surface area (Å²) in [6, 6.07) is 12.7. The SMILES string of the molecule is Cc1ccc(C(=O)Nc2cc(Cl)ccc2Br)cc1. The van der Waals surface area contributed by atoms with Gasteiger partial charge >= 0.3 is 0 Å². The highest BCUT2D eigenvalue weighted by molar-refractivity contribution is 9.10. The topological polar surface area (TPSA) is 29.1 Å². The van der Waals surface area contributed by atoms with Crippen LogP contribution in [0.1, 0.15) is 15.9 Å². The van der Waals surface area contributed by atoms with Crippen LogP contribution >= 0.6 is 27.5 Å². The number of rotatable bonds is 2. The Balaban J connectivity index is 2.21. The van der Waals surface area contributed by atoms with Crippen LogP contribution in [0, 0.1) is 6.92 Å². The molecule has 0 saturated carbocycles. The molecule has 92 valence electrons. The van der Waals surface area contributed by atoms with Crippen molar-refractivity contribution in [2.45, 2.75) is 6.92 Å². The van der Waals surface area contributed by atoms with Gasteiger partial charge in [0.1, 0.15) is 0 Å². The molecule has 0 radical (unpaired) electrons. The summed E-state index contributed by atoms with van der Waals surface area (Å²) in [5.74, 6) is -0.155. The van der Waals surface area contributed by atoms with Crippen molar-refractivity contribution in [2.75, 3.05) is 5.32 Å². The average molecular weight is 325 g/mol. The van der Waals surface area contributed by atoms with Gasteiger partial charge in [-0.25, -0.2) is 0 Å². The first-order valence-electron chi connectivity index (χ1n) is 5.39. The van der Waals surface area contributed by atoms with Crippen LogP contribution in [0.3, 0.4) is 0 Å². The highest BCUT2D eigenvalue weighted by atomic mass is 79.9. The lowest BCUT2D eigenvalue weighted by Gasteiger charge is -2.08. The maximum Gasteiger partial charge on any atom is 0.255 e. The maximum atomic E-state index is 12.0. The van der Waals surface area contributed by atoms with Crippen LogP contribution in [0.2, 0.25) is 5.02 Å². The van der Waals surface area contributed by atoms with Gasteiger partial charge in [-0.15, -0.1) is 0 Å². The molecule has 0 aliphatic carbocycles. The van der Waals surface area contributed by atoms with Crippen molar-refractivity contribution >= 4 is 39.1 Å². The van der Waals surface area contributed by atoms with E-state index in [0.29, 0.717) is 16.3 Å². The van der Waals surface area contributed by atoms with Crippen molar-refractivity contribution in [2.24, 2.45) is 0 Å². The first-order chi connectivity index (χ1) is 8.56. The zero-order valence-corrected chi connectivity index (χ0v) is 12.0. The first-order valence-corrected chi connectivity index (χ1v) is 6.56. The number of anilines is 1. The summed E-state index contributed by atoms with van der Waals surface area (Å²) in [6.07, 6.45) is 0. The van der Waals surface area contributed by atoms with Crippen molar-refractivity contribution in [3.8, 4) is 0 Å². The van der Waals surface area contributed by atoms with Gasteiger partial charge in [0.2, 0.25) is 0 Å². The van der Waals surface area contributed by atoms with Crippen LogP contribution in [-0.4, -0.2) is 5.91 Å². The minimum Gasteiger partial charge on any atom is -0.321 e. The predicted octanol–water partition coefficient (Wildman–Crippen LogP) is 4.66. The Morgan fingerprint density at radius 3 is 2.50 bits per heavy atom. The number of nitrogens with one attached hydrogen (secondary N) is 1. The first kappa shape index (κ1) is 13.1. The van der Waals surface area contributed by atoms with E-state index in [1.54, 1.807) is 30.3 Å². The van der Waals surface area contributed by atoms with E-state index in [0.717, 1.165) is 10.0 Å². The largest absolute Gasteiger partial charge is 0.321 e. The van der Waals surface area contributed by atoms with Gasteiger partial charge in [-0.1, -0.05) is 29.3 Å². The predicted molar refractivity (Wildman–Crippen MR) is 78.3 cm³/mol. The Hall–Kier alpha value is -1.32. The monoisotopic (exact) mass is 323 g/mol.